The molecule has 0 radical (unpaired) electrons. The molecule has 6 nitrogen and oxygen atoms in total. The third kappa shape index (κ3) is 3.03. The molecule has 0 aliphatic carbocycles. The molecule has 0 aromatic carbocycles. The molecule has 3 rings (SSSR count). The van der Waals surface area contributed by atoms with E-state index in [1.54, 1.807) is 0 Å². The fourth-order valence-electron chi connectivity index (χ4n) is 3.25. The van der Waals surface area contributed by atoms with Crippen LogP contribution in [0.3, 0.4) is 0 Å². The maximum Gasteiger partial charge on any atom is 0.275 e. The molecule has 22 heavy (non-hydrogen) atoms. The molecule has 6 heteroatoms. The molecule has 2 saturated heterocycles. The SMILES string of the molecule is C[C@@H]1CN(C(=O)c2coc(C3CCOCC3)n2)C[C@H](C)N1C. The number of nitrogens with zero attached hydrogens (tertiary/aromatic N) is 3. The summed E-state index contributed by atoms with van der Waals surface area (Å²) in [6.07, 6.45) is 3.34. The number of carbonyl (C=O) groups excluding carboxylic acids is 1. The molecule has 2 aliphatic heterocycles. The molecule has 2 atom stereocenters. The van der Waals surface area contributed by atoms with Crippen LogP contribution in [0.4, 0.5) is 0 Å². The van der Waals surface area contributed by atoms with Crippen LogP contribution in [0.1, 0.15) is 49.0 Å². The van der Waals surface area contributed by atoms with Crippen LogP contribution in [-0.4, -0.2) is 66.1 Å². The molecular weight excluding hydrogens is 282 g/mol. The first kappa shape index (κ1) is 15.5. The van der Waals surface area contributed by atoms with Crippen molar-refractivity contribution in [2.75, 3.05) is 33.4 Å². The fraction of sp³-hybridized carbons (Fsp3) is 0.750. The summed E-state index contributed by atoms with van der Waals surface area (Å²) in [7, 11) is 2.11. The van der Waals surface area contributed by atoms with Crippen LogP contribution in [-0.2, 0) is 4.74 Å². The predicted octanol–water partition coefficient (Wildman–Crippen LogP) is 1.73. The van der Waals surface area contributed by atoms with Gasteiger partial charge in [0.15, 0.2) is 11.6 Å². The zero-order chi connectivity index (χ0) is 15.7. The van der Waals surface area contributed by atoms with Crippen molar-refractivity contribution < 1.29 is 13.9 Å². The van der Waals surface area contributed by atoms with E-state index in [0.717, 1.165) is 39.1 Å². The molecule has 0 N–H and O–H groups in total. The Labute approximate surface area is 131 Å². The summed E-state index contributed by atoms with van der Waals surface area (Å²) in [5.74, 6) is 0.941. The van der Waals surface area contributed by atoms with Gasteiger partial charge in [0.25, 0.3) is 5.91 Å². The first-order chi connectivity index (χ1) is 10.6. The quantitative estimate of drug-likeness (QED) is 0.833. The zero-order valence-corrected chi connectivity index (χ0v) is 13.6. The van der Waals surface area contributed by atoms with Crippen molar-refractivity contribution in [1.82, 2.24) is 14.8 Å². The largest absolute Gasteiger partial charge is 0.448 e. The summed E-state index contributed by atoms with van der Waals surface area (Å²) in [5.41, 5.74) is 0.436. The standard InChI is InChI=1S/C16H25N3O3/c1-11-8-19(9-12(2)18(11)3)16(20)14-10-22-15(17-14)13-4-6-21-7-5-13/h10-13H,4-9H2,1-3H3/t11-,12+. The third-order valence-corrected chi connectivity index (χ3v) is 4.96. The number of ether oxygens (including phenoxy) is 1. The lowest BCUT2D eigenvalue weighted by Crippen LogP contribution is -2.56. The van der Waals surface area contributed by atoms with Gasteiger partial charge in [-0.05, 0) is 33.7 Å². The first-order valence-electron chi connectivity index (χ1n) is 8.10. The van der Waals surface area contributed by atoms with Gasteiger partial charge in [-0.25, -0.2) is 4.98 Å². The summed E-state index contributed by atoms with van der Waals surface area (Å²) in [4.78, 5) is 21.3. The predicted molar refractivity (Wildman–Crippen MR) is 81.9 cm³/mol. The van der Waals surface area contributed by atoms with Gasteiger partial charge in [-0.15, -0.1) is 0 Å². The highest BCUT2D eigenvalue weighted by atomic mass is 16.5. The second kappa shape index (κ2) is 6.38. The van der Waals surface area contributed by atoms with Crippen molar-refractivity contribution in [3.63, 3.8) is 0 Å². The molecule has 2 fully saturated rings. The summed E-state index contributed by atoms with van der Waals surface area (Å²) in [5, 5.41) is 0. The minimum atomic E-state index is -0.0196. The van der Waals surface area contributed by atoms with E-state index in [1.165, 1.54) is 6.26 Å². The van der Waals surface area contributed by atoms with E-state index in [4.69, 9.17) is 9.15 Å². The molecule has 2 aliphatic rings. The number of amides is 1. The molecule has 122 valence electrons. The van der Waals surface area contributed by atoms with Gasteiger partial charge in [0.1, 0.15) is 6.26 Å². The van der Waals surface area contributed by atoms with Crippen LogP contribution in [0.25, 0.3) is 0 Å². The van der Waals surface area contributed by atoms with E-state index in [1.807, 2.05) is 4.90 Å². The molecule has 0 spiro atoms. The molecule has 1 aromatic heterocycles. The van der Waals surface area contributed by atoms with Gasteiger partial charge < -0.3 is 14.1 Å². The number of likely N-dealkylation sites (N-methyl/N-ethyl adjacent to an activating group) is 1. The monoisotopic (exact) mass is 307 g/mol. The lowest BCUT2D eigenvalue weighted by molar-refractivity contribution is 0.0409. The Morgan fingerprint density at radius 1 is 1.23 bits per heavy atom. The number of rotatable bonds is 2. The van der Waals surface area contributed by atoms with E-state index < -0.39 is 0 Å². The Balaban J connectivity index is 1.68. The highest BCUT2D eigenvalue weighted by Crippen LogP contribution is 2.26. The summed E-state index contributed by atoms with van der Waals surface area (Å²) >= 11 is 0. The van der Waals surface area contributed by atoms with E-state index in [0.29, 0.717) is 23.7 Å². The van der Waals surface area contributed by atoms with E-state index >= 15 is 0 Å². The van der Waals surface area contributed by atoms with Gasteiger partial charge in [0.05, 0.1) is 0 Å². The Morgan fingerprint density at radius 3 is 2.50 bits per heavy atom. The van der Waals surface area contributed by atoms with Crippen LogP contribution in [0.5, 0.6) is 0 Å². The first-order valence-corrected chi connectivity index (χ1v) is 8.10. The number of hydrogen-bond donors (Lipinski definition) is 0. The van der Waals surface area contributed by atoms with E-state index in [-0.39, 0.29) is 11.8 Å². The van der Waals surface area contributed by atoms with Crippen LogP contribution < -0.4 is 0 Å². The Morgan fingerprint density at radius 2 is 1.86 bits per heavy atom. The second-order valence-corrected chi connectivity index (χ2v) is 6.53. The van der Waals surface area contributed by atoms with Gasteiger partial charge in [0, 0.05) is 44.3 Å². The third-order valence-electron chi connectivity index (χ3n) is 4.96. The molecule has 0 saturated carbocycles. The van der Waals surface area contributed by atoms with Gasteiger partial charge >= 0.3 is 0 Å². The minimum absolute atomic E-state index is 0.0196. The molecule has 1 aromatic rings. The number of hydrogen-bond acceptors (Lipinski definition) is 5. The number of aromatic nitrogens is 1. The van der Waals surface area contributed by atoms with Crippen LogP contribution in [0, 0.1) is 0 Å². The molecule has 0 unspecified atom stereocenters. The smallest absolute Gasteiger partial charge is 0.275 e. The Bertz CT molecular complexity index is 512. The Hall–Kier alpha value is -1.40. The number of oxazole rings is 1. The molecular formula is C16H25N3O3. The van der Waals surface area contributed by atoms with Crippen LogP contribution in [0.15, 0.2) is 10.7 Å². The second-order valence-electron chi connectivity index (χ2n) is 6.53. The average molecular weight is 307 g/mol. The zero-order valence-electron chi connectivity index (χ0n) is 13.6. The molecule has 0 bridgehead atoms. The van der Waals surface area contributed by atoms with Crippen molar-refractivity contribution in [3.05, 3.63) is 17.8 Å². The number of piperazine rings is 1. The average Bonchev–Trinajstić information content (AvgIpc) is 3.02. The number of carbonyl (C=O) groups is 1. The highest BCUT2D eigenvalue weighted by molar-refractivity contribution is 5.92. The highest BCUT2D eigenvalue weighted by Gasteiger charge is 2.31. The van der Waals surface area contributed by atoms with Crippen molar-refractivity contribution in [2.45, 2.75) is 44.7 Å². The van der Waals surface area contributed by atoms with Crippen LogP contribution >= 0.6 is 0 Å². The lowest BCUT2D eigenvalue weighted by atomic mass is 10.0. The maximum absolute atomic E-state index is 12.7. The Kier molecular flexibility index (Phi) is 4.49. The van der Waals surface area contributed by atoms with Gasteiger partial charge in [-0.2, -0.15) is 0 Å². The van der Waals surface area contributed by atoms with E-state index in [2.05, 4.69) is 30.8 Å². The normalized spacial score (nSPS) is 28.0. The molecule has 3 heterocycles. The van der Waals surface area contributed by atoms with Gasteiger partial charge in [-0.1, -0.05) is 0 Å². The topological polar surface area (TPSA) is 58.8 Å². The summed E-state index contributed by atoms with van der Waals surface area (Å²) in [6.45, 7) is 7.24. The lowest BCUT2D eigenvalue weighted by Gasteiger charge is -2.42. The van der Waals surface area contributed by atoms with Crippen molar-refractivity contribution in [3.8, 4) is 0 Å². The minimum Gasteiger partial charge on any atom is -0.448 e. The fourth-order valence-corrected chi connectivity index (χ4v) is 3.25. The van der Waals surface area contributed by atoms with Crippen LogP contribution in [0.2, 0.25) is 0 Å². The van der Waals surface area contributed by atoms with E-state index in [9.17, 15) is 4.79 Å². The molecule has 1 amide bonds. The van der Waals surface area contributed by atoms with Crippen molar-refractivity contribution in [2.24, 2.45) is 0 Å². The van der Waals surface area contributed by atoms with Crippen molar-refractivity contribution >= 4 is 5.91 Å². The van der Waals surface area contributed by atoms with Gasteiger partial charge in [0.2, 0.25) is 0 Å². The van der Waals surface area contributed by atoms with Crippen molar-refractivity contribution in [1.29, 1.82) is 0 Å². The summed E-state index contributed by atoms with van der Waals surface area (Å²) < 4.78 is 10.9. The maximum atomic E-state index is 12.7. The van der Waals surface area contributed by atoms with Gasteiger partial charge in [-0.3, -0.25) is 9.69 Å². The summed E-state index contributed by atoms with van der Waals surface area (Å²) in [6, 6.07) is 0.712.